The third-order valence-corrected chi connectivity index (χ3v) is 3.28. The predicted molar refractivity (Wildman–Crippen MR) is 69.3 cm³/mol. The molecule has 0 aromatic carbocycles. The van der Waals surface area contributed by atoms with Crippen LogP contribution in [0.25, 0.3) is 0 Å². The van der Waals surface area contributed by atoms with E-state index in [0.29, 0.717) is 11.5 Å². The molecular weight excluding hydrogens is 184 g/mol. The molecule has 0 aliphatic carbocycles. The Bertz CT molecular complexity index is 157. The molecule has 1 unspecified atom stereocenters. The maximum absolute atomic E-state index is 3.32. The minimum atomic E-state index is 0.411. The fourth-order valence-electron chi connectivity index (χ4n) is 2.02. The molecule has 0 saturated heterocycles. The standard InChI is InChI=1S/C13H30N2/c1-7-9-15(12(3)4)11-13(5,8-2)10-14-6/h12,14H,7-11H2,1-6H3. The highest BCUT2D eigenvalue weighted by Gasteiger charge is 2.25. The van der Waals surface area contributed by atoms with Crippen molar-refractivity contribution in [3.63, 3.8) is 0 Å². The minimum absolute atomic E-state index is 0.411. The van der Waals surface area contributed by atoms with Crippen molar-refractivity contribution in [1.29, 1.82) is 0 Å². The number of nitrogens with zero attached hydrogens (tertiary/aromatic N) is 1. The second-order valence-corrected chi connectivity index (χ2v) is 5.26. The topological polar surface area (TPSA) is 15.3 Å². The van der Waals surface area contributed by atoms with E-state index in [1.54, 1.807) is 0 Å². The molecule has 15 heavy (non-hydrogen) atoms. The molecule has 0 aliphatic heterocycles. The van der Waals surface area contributed by atoms with Crippen LogP contribution in [0.5, 0.6) is 0 Å². The number of nitrogens with one attached hydrogen (secondary N) is 1. The summed E-state index contributed by atoms with van der Waals surface area (Å²) in [4.78, 5) is 2.60. The van der Waals surface area contributed by atoms with Crippen LogP contribution < -0.4 is 5.32 Å². The molecule has 1 atom stereocenters. The summed E-state index contributed by atoms with van der Waals surface area (Å²) in [5.74, 6) is 0. The van der Waals surface area contributed by atoms with Crippen molar-refractivity contribution in [3.05, 3.63) is 0 Å². The fraction of sp³-hybridized carbons (Fsp3) is 1.00. The van der Waals surface area contributed by atoms with Gasteiger partial charge in [-0.15, -0.1) is 0 Å². The van der Waals surface area contributed by atoms with Gasteiger partial charge in [-0.2, -0.15) is 0 Å². The maximum Gasteiger partial charge on any atom is 0.00501 e. The fourth-order valence-corrected chi connectivity index (χ4v) is 2.02. The van der Waals surface area contributed by atoms with Crippen LogP contribution in [-0.4, -0.2) is 37.6 Å². The molecule has 0 aromatic rings. The quantitative estimate of drug-likeness (QED) is 0.668. The van der Waals surface area contributed by atoms with Crippen LogP contribution in [0.2, 0.25) is 0 Å². The number of hydrogen-bond acceptors (Lipinski definition) is 2. The van der Waals surface area contributed by atoms with Crippen molar-refractivity contribution < 1.29 is 0 Å². The Kier molecular flexibility index (Phi) is 7.20. The molecule has 0 rings (SSSR count). The van der Waals surface area contributed by atoms with E-state index in [2.05, 4.69) is 44.8 Å². The Morgan fingerprint density at radius 3 is 2.20 bits per heavy atom. The molecule has 1 N–H and O–H groups in total. The van der Waals surface area contributed by atoms with Gasteiger partial charge in [0.2, 0.25) is 0 Å². The van der Waals surface area contributed by atoms with Crippen LogP contribution in [0.3, 0.4) is 0 Å². The monoisotopic (exact) mass is 214 g/mol. The Hall–Kier alpha value is -0.0800. The van der Waals surface area contributed by atoms with E-state index in [1.165, 1.54) is 25.9 Å². The number of hydrogen-bond donors (Lipinski definition) is 1. The zero-order valence-electron chi connectivity index (χ0n) is 11.6. The molecule has 0 bridgehead atoms. The normalized spacial score (nSPS) is 16.0. The van der Waals surface area contributed by atoms with Gasteiger partial charge in [-0.05, 0) is 45.7 Å². The Morgan fingerprint density at radius 2 is 1.87 bits per heavy atom. The molecule has 0 aromatic heterocycles. The van der Waals surface area contributed by atoms with Gasteiger partial charge in [0.05, 0.1) is 0 Å². The molecule has 0 aliphatic rings. The van der Waals surface area contributed by atoms with Crippen LogP contribution in [0.1, 0.15) is 47.5 Å². The molecule has 0 saturated carbocycles. The predicted octanol–water partition coefficient (Wildman–Crippen LogP) is 2.74. The Balaban J connectivity index is 4.33. The molecule has 0 radical (unpaired) electrons. The number of rotatable bonds is 8. The second kappa shape index (κ2) is 7.24. The van der Waals surface area contributed by atoms with Crippen molar-refractivity contribution in [1.82, 2.24) is 10.2 Å². The van der Waals surface area contributed by atoms with E-state index in [9.17, 15) is 0 Å². The van der Waals surface area contributed by atoms with Crippen LogP contribution in [0, 0.1) is 5.41 Å². The highest BCUT2D eigenvalue weighted by atomic mass is 15.2. The lowest BCUT2D eigenvalue weighted by atomic mass is 9.86. The van der Waals surface area contributed by atoms with Gasteiger partial charge in [0, 0.05) is 19.1 Å². The van der Waals surface area contributed by atoms with Crippen molar-refractivity contribution in [2.45, 2.75) is 53.5 Å². The Labute approximate surface area is 96.4 Å². The lowest BCUT2D eigenvalue weighted by Crippen LogP contribution is -2.44. The molecule has 0 amide bonds. The van der Waals surface area contributed by atoms with Crippen molar-refractivity contribution in [3.8, 4) is 0 Å². The molecule has 2 heteroatoms. The second-order valence-electron chi connectivity index (χ2n) is 5.26. The minimum Gasteiger partial charge on any atom is -0.319 e. The van der Waals surface area contributed by atoms with Crippen LogP contribution in [0.15, 0.2) is 0 Å². The van der Waals surface area contributed by atoms with Crippen LogP contribution in [0.4, 0.5) is 0 Å². The summed E-state index contributed by atoms with van der Waals surface area (Å²) in [6.45, 7) is 15.1. The summed E-state index contributed by atoms with van der Waals surface area (Å²) in [5.41, 5.74) is 0.411. The van der Waals surface area contributed by atoms with Crippen molar-refractivity contribution >= 4 is 0 Å². The van der Waals surface area contributed by atoms with E-state index >= 15 is 0 Å². The van der Waals surface area contributed by atoms with Crippen molar-refractivity contribution in [2.75, 3.05) is 26.7 Å². The summed E-state index contributed by atoms with van der Waals surface area (Å²) < 4.78 is 0. The third kappa shape index (κ3) is 5.53. The van der Waals surface area contributed by atoms with Crippen LogP contribution >= 0.6 is 0 Å². The average Bonchev–Trinajstić information content (AvgIpc) is 2.17. The molecule has 92 valence electrons. The average molecular weight is 214 g/mol. The SMILES string of the molecule is CCCN(CC(C)(CC)CNC)C(C)C. The van der Waals surface area contributed by atoms with E-state index in [0.717, 1.165) is 6.54 Å². The highest BCUT2D eigenvalue weighted by Crippen LogP contribution is 2.22. The largest absolute Gasteiger partial charge is 0.319 e. The summed E-state index contributed by atoms with van der Waals surface area (Å²) in [7, 11) is 2.05. The van der Waals surface area contributed by atoms with Gasteiger partial charge in [0.15, 0.2) is 0 Å². The van der Waals surface area contributed by atoms with Gasteiger partial charge in [-0.25, -0.2) is 0 Å². The first kappa shape index (κ1) is 14.9. The molecule has 0 heterocycles. The first-order valence-electron chi connectivity index (χ1n) is 6.37. The maximum atomic E-state index is 3.32. The highest BCUT2D eigenvalue weighted by molar-refractivity contribution is 4.80. The van der Waals surface area contributed by atoms with Gasteiger partial charge >= 0.3 is 0 Å². The van der Waals surface area contributed by atoms with E-state index in [-0.39, 0.29) is 0 Å². The third-order valence-electron chi connectivity index (χ3n) is 3.28. The molecule has 0 spiro atoms. The van der Waals surface area contributed by atoms with Gasteiger partial charge in [-0.3, -0.25) is 0 Å². The first-order chi connectivity index (χ1) is 6.99. The van der Waals surface area contributed by atoms with Gasteiger partial charge in [0.1, 0.15) is 0 Å². The van der Waals surface area contributed by atoms with Crippen LogP contribution in [-0.2, 0) is 0 Å². The Morgan fingerprint density at radius 1 is 1.27 bits per heavy atom. The van der Waals surface area contributed by atoms with Crippen molar-refractivity contribution in [2.24, 2.45) is 5.41 Å². The van der Waals surface area contributed by atoms with E-state index in [1.807, 2.05) is 7.05 Å². The summed E-state index contributed by atoms with van der Waals surface area (Å²) in [6, 6.07) is 0.660. The lowest BCUT2D eigenvalue weighted by Gasteiger charge is -2.37. The summed E-state index contributed by atoms with van der Waals surface area (Å²) in [5, 5.41) is 3.32. The smallest absolute Gasteiger partial charge is 0.00501 e. The van der Waals surface area contributed by atoms with Gasteiger partial charge < -0.3 is 10.2 Å². The molecule has 0 fully saturated rings. The zero-order valence-corrected chi connectivity index (χ0v) is 11.6. The first-order valence-corrected chi connectivity index (χ1v) is 6.37. The molecule has 2 nitrogen and oxygen atoms in total. The summed E-state index contributed by atoms with van der Waals surface area (Å²) in [6.07, 6.45) is 2.48. The lowest BCUT2D eigenvalue weighted by molar-refractivity contribution is 0.128. The zero-order chi connectivity index (χ0) is 11.9. The van der Waals surface area contributed by atoms with Gasteiger partial charge in [0.25, 0.3) is 0 Å². The van der Waals surface area contributed by atoms with E-state index in [4.69, 9.17) is 0 Å². The molecular formula is C13H30N2. The summed E-state index contributed by atoms with van der Waals surface area (Å²) >= 11 is 0. The van der Waals surface area contributed by atoms with Gasteiger partial charge in [-0.1, -0.05) is 20.8 Å². The van der Waals surface area contributed by atoms with E-state index < -0.39 is 0 Å².